The molecule has 5 nitrogen and oxygen atoms in total. The summed E-state index contributed by atoms with van der Waals surface area (Å²) in [5.41, 5.74) is 1.89. The topological polar surface area (TPSA) is 57.7 Å². The van der Waals surface area contributed by atoms with Gasteiger partial charge >= 0.3 is 0 Å². The molecule has 0 spiro atoms. The molecule has 0 aliphatic rings. The molecule has 0 aliphatic carbocycles. The number of hydrogen-bond donors (Lipinski definition) is 1. The number of H-pyrrole nitrogens is 1. The van der Waals surface area contributed by atoms with Crippen molar-refractivity contribution in [2.75, 3.05) is 11.4 Å². The van der Waals surface area contributed by atoms with Gasteiger partial charge in [-0.1, -0.05) is 11.6 Å². The second-order valence-electron chi connectivity index (χ2n) is 3.72. The third kappa shape index (κ3) is 2.94. The molecule has 2 aromatic rings. The molecule has 0 bridgehead atoms. The third-order valence-corrected chi connectivity index (χ3v) is 2.59. The maximum Gasteiger partial charge on any atom is 0.227 e. The first-order valence-corrected chi connectivity index (χ1v) is 5.80. The van der Waals surface area contributed by atoms with E-state index < -0.39 is 0 Å². The lowest BCUT2D eigenvalue weighted by Crippen LogP contribution is -2.24. The molecule has 2 aromatic heterocycles. The van der Waals surface area contributed by atoms with Gasteiger partial charge < -0.3 is 9.88 Å². The number of aromatic nitrogens is 4. The Hall–Kier alpha value is -1.62. The Morgan fingerprint density at radius 1 is 1.41 bits per heavy atom. The Labute approximate surface area is 105 Å². The summed E-state index contributed by atoms with van der Waals surface area (Å²) in [5.74, 6) is 0.645. The SMILES string of the molecule is CCN(Cc1cnc[nH]1)c1nc(C)cc(Cl)n1. The van der Waals surface area contributed by atoms with Crippen LogP contribution in [0.2, 0.25) is 5.15 Å². The van der Waals surface area contributed by atoms with Crippen LogP contribution in [0.4, 0.5) is 5.95 Å². The average Bonchev–Trinajstić information content (AvgIpc) is 2.77. The Balaban J connectivity index is 2.22. The highest BCUT2D eigenvalue weighted by atomic mass is 35.5. The van der Waals surface area contributed by atoms with Crippen LogP contribution >= 0.6 is 11.6 Å². The van der Waals surface area contributed by atoms with Crippen molar-refractivity contribution in [3.8, 4) is 0 Å². The third-order valence-electron chi connectivity index (χ3n) is 2.39. The lowest BCUT2D eigenvalue weighted by Gasteiger charge is -2.20. The van der Waals surface area contributed by atoms with E-state index in [9.17, 15) is 0 Å². The Morgan fingerprint density at radius 3 is 2.82 bits per heavy atom. The first-order valence-electron chi connectivity index (χ1n) is 5.42. The fraction of sp³-hybridized carbons (Fsp3) is 0.364. The highest BCUT2D eigenvalue weighted by Gasteiger charge is 2.10. The summed E-state index contributed by atoms with van der Waals surface area (Å²) in [7, 11) is 0. The molecular formula is C11H14ClN5. The van der Waals surface area contributed by atoms with Crippen molar-refractivity contribution in [1.82, 2.24) is 19.9 Å². The van der Waals surface area contributed by atoms with Crippen molar-refractivity contribution in [3.63, 3.8) is 0 Å². The smallest absolute Gasteiger partial charge is 0.227 e. The van der Waals surface area contributed by atoms with Crippen LogP contribution in [-0.4, -0.2) is 26.5 Å². The van der Waals surface area contributed by atoms with Crippen molar-refractivity contribution in [1.29, 1.82) is 0 Å². The number of halogens is 1. The van der Waals surface area contributed by atoms with E-state index in [1.807, 2.05) is 11.8 Å². The molecule has 0 radical (unpaired) electrons. The van der Waals surface area contributed by atoms with Crippen LogP contribution in [0, 0.1) is 6.92 Å². The number of aromatic amines is 1. The monoisotopic (exact) mass is 251 g/mol. The van der Waals surface area contributed by atoms with Crippen molar-refractivity contribution in [2.45, 2.75) is 20.4 Å². The predicted octanol–water partition coefficient (Wildman–Crippen LogP) is 2.19. The summed E-state index contributed by atoms with van der Waals surface area (Å²) in [6, 6.07) is 1.75. The zero-order valence-corrected chi connectivity index (χ0v) is 10.6. The fourth-order valence-electron chi connectivity index (χ4n) is 1.56. The zero-order valence-electron chi connectivity index (χ0n) is 9.81. The van der Waals surface area contributed by atoms with E-state index in [1.165, 1.54) is 0 Å². The molecule has 90 valence electrons. The molecular weight excluding hydrogens is 238 g/mol. The van der Waals surface area contributed by atoms with Crippen LogP contribution in [-0.2, 0) is 6.54 Å². The van der Waals surface area contributed by atoms with Gasteiger partial charge in [-0.2, -0.15) is 0 Å². The van der Waals surface area contributed by atoms with Gasteiger partial charge in [0, 0.05) is 18.4 Å². The second-order valence-corrected chi connectivity index (χ2v) is 4.11. The number of nitrogens with one attached hydrogen (secondary N) is 1. The number of imidazole rings is 1. The average molecular weight is 252 g/mol. The normalized spacial score (nSPS) is 10.5. The number of aryl methyl sites for hydroxylation is 1. The minimum atomic E-state index is 0.468. The standard InChI is InChI=1S/C11H14ClN5/c1-3-17(6-9-5-13-7-14-9)11-15-8(2)4-10(12)16-11/h4-5,7H,3,6H2,1-2H3,(H,13,14). The summed E-state index contributed by atoms with van der Waals surface area (Å²) in [5, 5.41) is 0.468. The van der Waals surface area contributed by atoms with Gasteiger partial charge in [-0.3, -0.25) is 0 Å². The molecule has 0 amide bonds. The highest BCUT2D eigenvalue weighted by molar-refractivity contribution is 6.29. The van der Waals surface area contributed by atoms with Crippen LogP contribution in [0.3, 0.4) is 0 Å². The van der Waals surface area contributed by atoms with Crippen molar-refractivity contribution in [3.05, 3.63) is 35.1 Å². The highest BCUT2D eigenvalue weighted by Crippen LogP contribution is 2.15. The van der Waals surface area contributed by atoms with E-state index in [2.05, 4.69) is 26.9 Å². The summed E-state index contributed by atoms with van der Waals surface area (Å²) in [6.45, 7) is 5.45. The summed E-state index contributed by atoms with van der Waals surface area (Å²) < 4.78 is 0. The quantitative estimate of drug-likeness (QED) is 0.847. The molecule has 0 saturated carbocycles. The molecule has 1 N–H and O–H groups in total. The summed E-state index contributed by atoms with van der Waals surface area (Å²) in [6.07, 6.45) is 3.45. The molecule has 0 saturated heterocycles. The molecule has 6 heteroatoms. The molecule has 17 heavy (non-hydrogen) atoms. The van der Waals surface area contributed by atoms with E-state index in [0.29, 0.717) is 17.6 Å². The zero-order chi connectivity index (χ0) is 12.3. The van der Waals surface area contributed by atoms with E-state index in [1.54, 1.807) is 18.6 Å². The lowest BCUT2D eigenvalue weighted by molar-refractivity contribution is 0.775. The second kappa shape index (κ2) is 5.14. The van der Waals surface area contributed by atoms with E-state index in [4.69, 9.17) is 11.6 Å². The largest absolute Gasteiger partial charge is 0.347 e. The van der Waals surface area contributed by atoms with Crippen molar-refractivity contribution >= 4 is 17.5 Å². The molecule has 0 fully saturated rings. The molecule has 2 heterocycles. The van der Waals surface area contributed by atoms with E-state index >= 15 is 0 Å². The lowest BCUT2D eigenvalue weighted by atomic mass is 10.4. The summed E-state index contributed by atoms with van der Waals surface area (Å²) >= 11 is 5.94. The van der Waals surface area contributed by atoms with Crippen molar-refractivity contribution in [2.24, 2.45) is 0 Å². The predicted molar refractivity (Wildman–Crippen MR) is 67.1 cm³/mol. The Kier molecular flexibility index (Phi) is 3.58. The van der Waals surface area contributed by atoms with Gasteiger partial charge in [0.1, 0.15) is 5.15 Å². The number of rotatable bonds is 4. The molecule has 0 aromatic carbocycles. The van der Waals surface area contributed by atoms with Gasteiger partial charge in [0.2, 0.25) is 5.95 Å². The molecule has 0 atom stereocenters. The molecule has 0 aliphatic heterocycles. The van der Waals surface area contributed by atoms with Gasteiger partial charge in [0.25, 0.3) is 0 Å². The van der Waals surface area contributed by atoms with E-state index in [-0.39, 0.29) is 0 Å². The van der Waals surface area contributed by atoms with Crippen LogP contribution in [0.25, 0.3) is 0 Å². The minimum absolute atomic E-state index is 0.468. The van der Waals surface area contributed by atoms with Gasteiger partial charge in [-0.25, -0.2) is 15.0 Å². The first kappa shape index (κ1) is 11.9. The van der Waals surface area contributed by atoms with Gasteiger partial charge in [0.15, 0.2) is 0 Å². The van der Waals surface area contributed by atoms with Gasteiger partial charge in [-0.15, -0.1) is 0 Å². The maximum atomic E-state index is 5.94. The Bertz CT molecular complexity index is 462. The molecule has 0 unspecified atom stereocenters. The number of hydrogen-bond acceptors (Lipinski definition) is 4. The molecule has 2 rings (SSSR count). The van der Waals surface area contributed by atoms with Crippen LogP contribution in [0.1, 0.15) is 18.3 Å². The van der Waals surface area contributed by atoms with Crippen molar-refractivity contribution < 1.29 is 0 Å². The van der Waals surface area contributed by atoms with E-state index in [0.717, 1.165) is 17.9 Å². The number of anilines is 1. The van der Waals surface area contributed by atoms with Crippen LogP contribution in [0.5, 0.6) is 0 Å². The minimum Gasteiger partial charge on any atom is -0.347 e. The van der Waals surface area contributed by atoms with Crippen LogP contribution in [0.15, 0.2) is 18.6 Å². The summed E-state index contributed by atoms with van der Waals surface area (Å²) in [4.78, 5) is 17.7. The first-order chi connectivity index (χ1) is 8.19. The van der Waals surface area contributed by atoms with Crippen LogP contribution < -0.4 is 4.90 Å². The van der Waals surface area contributed by atoms with Gasteiger partial charge in [0.05, 0.1) is 18.6 Å². The fourth-order valence-corrected chi connectivity index (χ4v) is 1.79. The van der Waals surface area contributed by atoms with Gasteiger partial charge in [-0.05, 0) is 19.9 Å². The number of nitrogens with zero attached hydrogens (tertiary/aromatic N) is 4. The maximum absolute atomic E-state index is 5.94. The Morgan fingerprint density at radius 2 is 2.24 bits per heavy atom.